The van der Waals surface area contributed by atoms with Crippen LogP contribution >= 0.6 is 31.9 Å². The lowest BCUT2D eigenvalue weighted by molar-refractivity contribution is 0.0592. The topological polar surface area (TPSA) is 152 Å². The summed E-state index contributed by atoms with van der Waals surface area (Å²) >= 11 is 6.61. The molecule has 5 N–H and O–H groups in total. The number of anilines is 4. The van der Waals surface area contributed by atoms with E-state index in [2.05, 4.69) is 51.9 Å². The van der Waals surface area contributed by atoms with Crippen molar-refractivity contribution in [2.24, 2.45) is 0 Å². The van der Waals surface area contributed by atoms with E-state index in [4.69, 9.17) is 20.9 Å². The van der Waals surface area contributed by atoms with Crippen molar-refractivity contribution in [1.29, 1.82) is 0 Å². The van der Waals surface area contributed by atoms with E-state index in [1.165, 1.54) is 14.2 Å². The third kappa shape index (κ3) is 7.74. The molecule has 1 aromatic heterocycles. The van der Waals surface area contributed by atoms with Crippen LogP contribution in [0.2, 0.25) is 0 Å². The van der Waals surface area contributed by atoms with Gasteiger partial charge in [-0.15, -0.1) is 0 Å². The highest BCUT2D eigenvalue weighted by Crippen LogP contribution is 2.33. The molecule has 0 saturated carbocycles. The number of aromatic nitrogens is 2. The molecule has 1 heterocycles. The van der Waals surface area contributed by atoms with E-state index in [1.54, 1.807) is 54.7 Å². The molecule has 0 saturated heterocycles. The number of carbonyl (C=O) groups is 2. The van der Waals surface area contributed by atoms with Crippen LogP contribution in [0.3, 0.4) is 0 Å². The van der Waals surface area contributed by atoms with Crippen LogP contribution in [0.1, 0.15) is 20.7 Å². The number of methoxy groups -OCH3 is 2. The summed E-state index contributed by atoms with van der Waals surface area (Å²) in [6.45, 7) is 0. The van der Waals surface area contributed by atoms with Crippen molar-refractivity contribution < 1.29 is 23.8 Å². The predicted octanol–water partition coefficient (Wildman–Crippen LogP) is 7.11. The second-order valence-corrected chi connectivity index (χ2v) is 10.5. The fourth-order valence-electron chi connectivity index (χ4n) is 3.83. The first-order chi connectivity index (χ1) is 20.2. The quantitative estimate of drug-likeness (QED) is 0.124. The van der Waals surface area contributed by atoms with Gasteiger partial charge in [-0.05, 0) is 48.5 Å². The molecule has 0 aliphatic rings. The fourth-order valence-corrected chi connectivity index (χ4v) is 4.83. The lowest BCUT2D eigenvalue weighted by Crippen LogP contribution is -2.03. The molecule has 12 heteroatoms. The van der Waals surface area contributed by atoms with E-state index >= 15 is 0 Å². The van der Waals surface area contributed by atoms with E-state index in [0.29, 0.717) is 50.2 Å². The Morgan fingerprint density at radius 3 is 2.10 bits per heavy atom. The maximum absolute atomic E-state index is 11.8. The molecule has 0 aliphatic carbocycles. The van der Waals surface area contributed by atoms with Crippen LogP contribution in [0.5, 0.6) is 11.6 Å². The number of nitrogens with one attached hydrogen (secondary N) is 1. The third-order valence-corrected chi connectivity index (χ3v) is 6.59. The smallest absolute Gasteiger partial charge is 0.337 e. The standard InChI is InChI=1S/C22H17BrN4O3.C8H8BrNO2/c1-29-21(28)13-10-14(23)12-15(11-13)26-22-25-9-8-20(27-22)30-19-7-6-18(24)16-4-2-3-5-17(16)19;1-12-8(11)5-2-6(9)4-7(10)3-5/h2-12H,24H2,1H3,(H,25,26,27);2-4H,10H2,1H3. The van der Waals surface area contributed by atoms with Crippen LogP contribution in [0.15, 0.2) is 94.0 Å². The number of esters is 2. The van der Waals surface area contributed by atoms with Crippen molar-refractivity contribution in [3.8, 4) is 11.6 Å². The van der Waals surface area contributed by atoms with Crippen molar-refractivity contribution in [2.45, 2.75) is 0 Å². The van der Waals surface area contributed by atoms with Crippen molar-refractivity contribution in [3.63, 3.8) is 0 Å². The molecule has 0 aliphatic heterocycles. The minimum absolute atomic E-state index is 0.321. The minimum atomic E-state index is -0.437. The number of rotatable bonds is 6. The lowest BCUT2D eigenvalue weighted by Gasteiger charge is -2.11. The van der Waals surface area contributed by atoms with Crippen molar-refractivity contribution in [3.05, 3.63) is 105 Å². The zero-order chi connectivity index (χ0) is 30.2. The Bertz CT molecular complexity index is 1750. The SMILES string of the molecule is COC(=O)c1cc(Br)cc(Nc2nccc(Oc3ccc(N)c4ccccc34)n2)c1.COC(=O)c1cc(N)cc(Br)c1. The summed E-state index contributed by atoms with van der Waals surface area (Å²) in [5, 5.41) is 4.87. The molecule has 10 nitrogen and oxygen atoms in total. The van der Waals surface area contributed by atoms with Crippen LogP contribution in [0.25, 0.3) is 10.8 Å². The lowest BCUT2D eigenvalue weighted by atomic mass is 10.1. The molecule has 214 valence electrons. The second-order valence-electron chi connectivity index (χ2n) is 8.63. The summed E-state index contributed by atoms with van der Waals surface area (Å²) in [6.07, 6.45) is 1.59. The summed E-state index contributed by atoms with van der Waals surface area (Å²) in [7, 11) is 2.67. The summed E-state index contributed by atoms with van der Waals surface area (Å²) in [5.74, 6) is 0.502. The molecule has 0 spiro atoms. The van der Waals surface area contributed by atoms with Gasteiger partial charge in [0.15, 0.2) is 0 Å². The van der Waals surface area contributed by atoms with Gasteiger partial charge in [0.2, 0.25) is 11.8 Å². The van der Waals surface area contributed by atoms with Crippen LogP contribution in [0, 0.1) is 0 Å². The Morgan fingerprint density at radius 1 is 0.786 bits per heavy atom. The van der Waals surface area contributed by atoms with E-state index in [0.717, 1.165) is 15.2 Å². The number of nitrogen functional groups attached to an aromatic ring is 2. The van der Waals surface area contributed by atoms with Gasteiger partial charge < -0.3 is 31.0 Å². The van der Waals surface area contributed by atoms with Gasteiger partial charge in [0.1, 0.15) is 5.75 Å². The molecule has 0 unspecified atom stereocenters. The summed E-state index contributed by atoms with van der Waals surface area (Å²) in [5.41, 5.74) is 14.3. The Hall–Kier alpha value is -4.68. The van der Waals surface area contributed by atoms with Crippen LogP contribution in [0.4, 0.5) is 23.0 Å². The number of hydrogen-bond acceptors (Lipinski definition) is 10. The zero-order valence-corrected chi connectivity index (χ0v) is 25.6. The number of carbonyl (C=O) groups excluding carboxylic acids is 2. The maximum atomic E-state index is 11.8. The van der Waals surface area contributed by atoms with E-state index < -0.39 is 5.97 Å². The fraction of sp³-hybridized carbons (Fsp3) is 0.0667. The summed E-state index contributed by atoms with van der Waals surface area (Å²) < 4.78 is 16.8. The average molecular weight is 695 g/mol. The van der Waals surface area contributed by atoms with Gasteiger partial charge in [0.05, 0.1) is 25.3 Å². The molecule has 0 bridgehead atoms. The molecule has 4 aromatic carbocycles. The molecule has 5 aromatic rings. The number of fused-ring (bicyclic) bond motifs is 1. The Kier molecular flexibility index (Phi) is 9.94. The average Bonchev–Trinajstić information content (AvgIpc) is 2.97. The Balaban J connectivity index is 0.000000283. The largest absolute Gasteiger partial charge is 0.465 e. The number of benzene rings is 4. The molecular formula is C30H25Br2N5O5. The Morgan fingerprint density at radius 2 is 1.43 bits per heavy atom. The monoisotopic (exact) mass is 693 g/mol. The third-order valence-electron chi connectivity index (χ3n) is 5.68. The predicted molar refractivity (Wildman–Crippen MR) is 169 cm³/mol. The first-order valence-corrected chi connectivity index (χ1v) is 13.8. The van der Waals surface area contributed by atoms with Crippen molar-refractivity contribution in [2.75, 3.05) is 31.0 Å². The van der Waals surface area contributed by atoms with E-state index in [1.807, 2.05) is 30.3 Å². The molecule has 0 atom stereocenters. The van der Waals surface area contributed by atoms with Gasteiger partial charge in [-0.1, -0.05) is 56.1 Å². The van der Waals surface area contributed by atoms with Crippen LogP contribution in [-0.2, 0) is 9.47 Å². The minimum Gasteiger partial charge on any atom is -0.465 e. The Labute approximate surface area is 258 Å². The maximum Gasteiger partial charge on any atom is 0.337 e. The van der Waals surface area contributed by atoms with Crippen molar-refractivity contribution in [1.82, 2.24) is 9.97 Å². The molecule has 0 radical (unpaired) electrons. The number of hydrogen-bond donors (Lipinski definition) is 3. The highest BCUT2D eigenvalue weighted by molar-refractivity contribution is 9.10. The van der Waals surface area contributed by atoms with Gasteiger partial charge in [-0.25, -0.2) is 14.6 Å². The molecule has 0 fully saturated rings. The van der Waals surface area contributed by atoms with Gasteiger partial charge in [-0.3, -0.25) is 0 Å². The zero-order valence-electron chi connectivity index (χ0n) is 22.4. The summed E-state index contributed by atoms with van der Waals surface area (Å²) in [6, 6.07) is 23.1. The number of nitrogens with zero attached hydrogens (tertiary/aromatic N) is 2. The van der Waals surface area contributed by atoms with Gasteiger partial charge in [-0.2, -0.15) is 4.98 Å². The van der Waals surface area contributed by atoms with Gasteiger partial charge >= 0.3 is 11.9 Å². The number of nitrogens with two attached hydrogens (primary N) is 2. The molecule has 0 amide bonds. The summed E-state index contributed by atoms with van der Waals surface area (Å²) in [4.78, 5) is 31.5. The highest BCUT2D eigenvalue weighted by Gasteiger charge is 2.11. The number of ether oxygens (including phenoxy) is 3. The van der Waals surface area contributed by atoms with E-state index in [9.17, 15) is 9.59 Å². The highest BCUT2D eigenvalue weighted by atomic mass is 79.9. The normalized spacial score (nSPS) is 10.3. The first kappa shape index (κ1) is 30.3. The molecular weight excluding hydrogens is 670 g/mol. The first-order valence-electron chi connectivity index (χ1n) is 12.2. The van der Waals surface area contributed by atoms with Crippen LogP contribution < -0.4 is 21.5 Å². The van der Waals surface area contributed by atoms with Gasteiger partial charge in [0, 0.05) is 49.0 Å². The number of halogens is 2. The van der Waals surface area contributed by atoms with Gasteiger partial charge in [0.25, 0.3) is 0 Å². The second kappa shape index (κ2) is 13.8. The molecule has 5 rings (SSSR count). The van der Waals surface area contributed by atoms with Crippen LogP contribution in [-0.4, -0.2) is 36.1 Å². The van der Waals surface area contributed by atoms with E-state index in [-0.39, 0.29) is 5.97 Å². The molecule has 42 heavy (non-hydrogen) atoms. The van der Waals surface area contributed by atoms with Crippen molar-refractivity contribution >= 4 is 77.6 Å².